The van der Waals surface area contributed by atoms with Gasteiger partial charge in [0.1, 0.15) is 11.6 Å². The molecule has 6 nitrogen and oxygen atoms in total. The van der Waals surface area contributed by atoms with E-state index >= 15 is 0 Å². The van der Waals surface area contributed by atoms with E-state index in [0.29, 0.717) is 24.3 Å². The summed E-state index contributed by atoms with van der Waals surface area (Å²) < 4.78 is 12.0. The quantitative estimate of drug-likeness (QED) is 0.623. The zero-order chi connectivity index (χ0) is 19.8. The number of aliphatic hydroxyl groups excluding tert-OH is 1. The Balaban J connectivity index is 2.12. The second-order valence-electron chi connectivity index (χ2n) is 6.32. The maximum atomic E-state index is 11.6. The third kappa shape index (κ3) is 5.47. The second-order valence-corrected chi connectivity index (χ2v) is 6.66. The molecule has 1 atom stereocenters. The molecule has 148 valence electrons. The van der Waals surface area contributed by atoms with Gasteiger partial charge in [-0.2, -0.15) is 0 Å². The predicted octanol–water partition coefficient (Wildman–Crippen LogP) is 3.64. The van der Waals surface area contributed by atoms with Crippen molar-refractivity contribution in [2.24, 2.45) is 0 Å². The average molecular weight is 395 g/mol. The number of rotatable bonds is 10. The Morgan fingerprint density at radius 3 is 2.56 bits per heavy atom. The van der Waals surface area contributed by atoms with Crippen molar-refractivity contribution < 1.29 is 19.4 Å². The van der Waals surface area contributed by atoms with E-state index in [0.717, 1.165) is 36.3 Å². The number of imidazole rings is 1. The zero-order valence-corrected chi connectivity index (χ0v) is 16.8. The number of halogens is 1. The van der Waals surface area contributed by atoms with Crippen LogP contribution in [0.2, 0.25) is 0 Å². The summed E-state index contributed by atoms with van der Waals surface area (Å²) in [4.78, 5) is 16.1. The molecule has 1 heterocycles. The maximum absolute atomic E-state index is 11.6. The van der Waals surface area contributed by atoms with Gasteiger partial charge in [0.2, 0.25) is 0 Å². The van der Waals surface area contributed by atoms with Crippen LogP contribution >= 0.6 is 11.8 Å². The maximum Gasteiger partial charge on any atom is 0.347 e. The number of aromatic nitrogens is 2. The van der Waals surface area contributed by atoms with Crippen molar-refractivity contribution in [3.8, 4) is 5.75 Å². The van der Waals surface area contributed by atoms with Gasteiger partial charge in [-0.05, 0) is 30.5 Å². The van der Waals surface area contributed by atoms with Gasteiger partial charge >= 0.3 is 5.97 Å². The van der Waals surface area contributed by atoms with E-state index in [1.165, 1.54) is 7.11 Å². The lowest BCUT2D eigenvalue weighted by Gasteiger charge is -2.15. The Morgan fingerprint density at radius 2 is 2.00 bits per heavy atom. The minimum atomic E-state index is -0.618. The Morgan fingerprint density at radius 1 is 1.30 bits per heavy atom. The van der Waals surface area contributed by atoms with Crippen molar-refractivity contribution in [3.63, 3.8) is 0 Å². The number of carbonyl (C=O) groups is 1. The van der Waals surface area contributed by atoms with E-state index in [9.17, 15) is 9.90 Å². The van der Waals surface area contributed by atoms with Crippen LogP contribution in [0.25, 0.3) is 0 Å². The standard InChI is InChI=1S/C20H27ClN2O4/c1-4-6-7-19-22-16(13-24)17(23(19)21)12-14-8-10-15(11-9-14)27-18(5-2)20(25)26-3/h8-11,18,24H,4-7,12-13H2,1-3H3. The highest BCUT2D eigenvalue weighted by atomic mass is 35.5. The van der Waals surface area contributed by atoms with E-state index in [2.05, 4.69) is 11.9 Å². The number of unbranched alkanes of at least 4 members (excludes halogenated alkanes) is 1. The fourth-order valence-electron chi connectivity index (χ4n) is 2.79. The number of esters is 1. The molecular formula is C20H27ClN2O4. The molecule has 1 aromatic heterocycles. The topological polar surface area (TPSA) is 73.6 Å². The largest absolute Gasteiger partial charge is 0.479 e. The highest BCUT2D eigenvalue weighted by Gasteiger charge is 2.19. The van der Waals surface area contributed by atoms with Crippen LogP contribution < -0.4 is 4.74 Å². The van der Waals surface area contributed by atoms with Crippen LogP contribution in [0.15, 0.2) is 24.3 Å². The SMILES string of the molecule is CCCCc1nc(CO)c(Cc2ccc(OC(CC)C(=O)OC)cc2)n1Cl. The molecule has 0 fully saturated rings. The van der Waals surface area contributed by atoms with Gasteiger partial charge in [-0.3, -0.25) is 0 Å². The van der Waals surface area contributed by atoms with Gasteiger partial charge in [-0.25, -0.2) is 13.9 Å². The number of benzene rings is 1. The van der Waals surface area contributed by atoms with Crippen LogP contribution in [0.5, 0.6) is 5.75 Å². The Bertz CT molecular complexity index is 743. The summed E-state index contributed by atoms with van der Waals surface area (Å²) in [6.07, 6.45) is 3.30. The molecule has 0 aliphatic heterocycles. The molecule has 0 saturated heterocycles. The fraction of sp³-hybridized carbons (Fsp3) is 0.500. The highest BCUT2D eigenvalue weighted by molar-refractivity contribution is 6.16. The van der Waals surface area contributed by atoms with Crippen molar-refractivity contribution in [2.75, 3.05) is 7.11 Å². The van der Waals surface area contributed by atoms with E-state index in [1.54, 1.807) is 4.09 Å². The average Bonchev–Trinajstić information content (AvgIpc) is 3.00. The minimum absolute atomic E-state index is 0.146. The normalized spacial score (nSPS) is 12.0. The van der Waals surface area contributed by atoms with Crippen LogP contribution in [-0.4, -0.2) is 33.4 Å². The van der Waals surface area contributed by atoms with Crippen molar-refractivity contribution in [3.05, 3.63) is 47.0 Å². The first kappa shape index (κ1) is 21.3. The first-order valence-corrected chi connectivity index (χ1v) is 9.57. The molecule has 0 bridgehead atoms. The minimum Gasteiger partial charge on any atom is -0.479 e. The monoisotopic (exact) mass is 394 g/mol. The number of aliphatic hydroxyl groups is 1. The molecule has 0 saturated carbocycles. The van der Waals surface area contributed by atoms with Gasteiger partial charge in [-0.1, -0.05) is 32.4 Å². The smallest absolute Gasteiger partial charge is 0.347 e. The fourth-order valence-corrected chi connectivity index (χ4v) is 3.07. The molecular weight excluding hydrogens is 368 g/mol. The summed E-state index contributed by atoms with van der Waals surface area (Å²) in [7, 11) is 1.35. The van der Waals surface area contributed by atoms with E-state index in [-0.39, 0.29) is 12.6 Å². The van der Waals surface area contributed by atoms with E-state index < -0.39 is 6.10 Å². The molecule has 27 heavy (non-hydrogen) atoms. The summed E-state index contributed by atoms with van der Waals surface area (Å²) >= 11 is 6.43. The van der Waals surface area contributed by atoms with Gasteiger partial charge in [-0.15, -0.1) is 0 Å². The van der Waals surface area contributed by atoms with Crippen LogP contribution in [0.1, 0.15) is 55.9 Å². The lowest BCUT2D eigenvalue weighted by atomic mass is 10.1. The van der Waals surface area contributed by atoms with Crippen molar-refractivity contribution >= 4 is 17.7 Å². The van der Waals surface area contributed by atoms with Crippen molar-refractivity contribution in [1.29, 1.82) is 0 Å². The number of hydrogen-bond acceptors (Lipinski definition) is 5. The predicted molar refractivity (Wildman–Crippen MR) is 104 cm³/mol. The Labute approximate surface area is 165 Å². The summed E-state index contributed by atoms with van der Waals surface area (Å²) in [5.41, 5.74) is 2.40. The molecule has 1 aromatic carbocycles. The molecule has 2 aromatic rings. The van der Waals surface area contributed by atoms with E-state index in [4.69, 9.17) is 21.3 Å². The lowest BCUT2D eigenvalue weighted by Crippen LogP contribution is -2.27. The van der Waals surface area contributed by atoms with Gasteiger partial charge in [0.15, 0.2) is 6.10 Å². The molecule has 7 heteroatoms. The number of hydrogen-bond donors (Lipinski definition) is 1. The van der Waals surface area contributed by atoms with Crippen LogP contribution in [-0.2, 0) is 29.0 Å². The first-order valence-electron chi connectivity index (χ1n) is 9.23. The molecule has 2 rings (SSSR count). The Kier molecular flexibility index (Phi) is 8.13. The number of ether oxygens (including phenoxy) is 2. The third-order valence-corrected chi connectivity index (χ3v) is 4.77. The Hall–Kier alpha value is -2.05. The zero-order valence-electron chi connectivity index (χ0n) is 16.1. The molecule has 0 radical (unpaired) electrons. The number of carbonyl (C=O) groups excluding carboxylic acids is 1. The van der Waals surface area contributed by atoms with Crippen LogP contribution in [0.3, 0.4) is 0 Å². The molecule has 1 unspecified atom stereocenters. The summed E-state index contributed by atoms with van der Waals surface area (Å²) in [5.74, 6) is 0.989. The summed E-state index contributed by atoms with van der Waals surface area (Å²) in [6.45, 7) is 3.83. The van der Waals surface area contributed by atoms with Gasteiger partial charge in [0.05, 0.1) is 25.1 Å². The van der Waals surface area contributed by atoms with Crippen LogP contribution in [0, 0.1) is 0 Å². The molecule has 0 spiro atoms. The second kappa shape index (κ2) is 10.3. The van der Waals surface area contributed by atoms with Gasteiger partial charge in [0, 0.05) is 24.6 Å². The lowest BCUT2D eigenvalue weighted by molar-refractivity contribution is -0.148. The molecule has 0 amide bonds. The number of aryl methyl sites for hydroxylation is 1. The summed E-state index contributed by atoms with van der Waals surface area (Å²) in [6, 6.07) is 7.45. The number of nitrogens with zero attached hydrogens (tertiary/aromatic N) is 2. The third-order valence-electron chi connectivity index (χ3n) is 4.37. The summed E-state index contributed by atoms with van der Waals surface area (Å²) in [5, 5.41) is 9.61. The van der Waals surface area contributed by atoms with Crippen molar-refractivity contribution in [1.82, 2.24) is 9.07 Å². The first-order chi connectivity index (χ1) is 13.0. The highest BCUT2D eigenvalue weighted by Crippen LogP contribution is 2.22. The molecule has 0 aliphatic rings. The van der Waals surface area contributed by atoms with Crippen molar-refractivity contribution in [2.45, 2.75) is 58.7 Å². The van der Waals surface area contributed by atoms with E-state index in [1.807, 2.05) is 31.2 Å². The number of methoxy groups -OCH3 is 1. The molecule has 1 N–H and O–H groups in total. The van der Waals surface area contributed by atoms with Gasteiger partial charge in [0.25, 0.3) is 0 Å². The van der Waals surface area contributed by atoms with Crippen LogP contribution in [0.4, 0.5) is 0 Å². The molecule has 0 aliphatic carbocycles. The van der Waals surface area contributed by atoms with Gasteiger partial charge < -0.3 is 14.6 Å².